The van der Waals surface area contributed by atoms with Crippen LogP contribution in [-0.4, -0.2) is 16.9 Å². The van der Waals surface area contributed by atoms with Gasteiger partial charge in [0, 0.05) is 17.3 Å². The first-order valence-corrected chi connectivity index (χ1v) is 7.77. The van der Waals surface area contributed by atoms with E-state index >= 15 is 0 Å². The number of carbonyl (C=O) groups is 1. The summed E-state index contributed by atoms with van der Waals surface area (Å²) >= 11 is 0. The molecule has 0 saturated heterocycles. The Bertz CT molecular complexity index is 680. The summed E-state index contributed by atoms with van der Waals surface area (Å²) in [5.74, 6) is 0.774. The first kappa shape index (κ1) is 16.8. The number of nitrogens with two attached hydrogens (primary N) is 1. The van der Waals surface area contributed by atoms with E-state index in [1.807, 2.05) is 25.1 Å². The molecule has 1 heterocycles. The van der Waals surface area contributed by atoms with E-state index in [-0.39, 0.29) is 5.91 Å². The maximum atomic E-state index is 12.5. The van der Waals surface area contributed by atoms with Gasteiger partial charge in [0.1, 0.15) is 5.82 Å². The maximum absolute atomic E-state index is 12.5. The minimum atomic E-state index is -0.157. The quantitative estimate of drug-likeness (QED) is 0.786. The summed E-state index contributed by atoms with van der Waals surface area (Å²) in [6.45, 7) is 8.41. The number of rotatable bonds is 5. The molecule has 0 aliphatic carbocycles. The zero-order valence-corrected chi connectivity index (χ0v) is 14.1. The van der Waals surface area contributed by atoms with E-state index in [2.05, 4.69) is 36.4 Å². The molecule has 0 radical (unpaired) electrons. The van der Waals surface area contributed by atoms with Crippen molar-refractivity contribution in [1.29, 1.82) is 0 Å². The molecule has 0 aliphatic heterocycles. The lowest BCUT2D eigenvalue weighted by atomic mass is 10.0. The Kier molecular flexibility index (Phi) is 5.21. The number of nitrogens with one attached hydrogen (secondary N) is 2. The third-order valence-corrected chi connectivity index (χ3v) is 4.01. The highest BCUT2D eigenvalue weighted by Crippen LogP contribution is 2.22. The van der Waals surface area contributed by atoms with Crippen LogP contribution >= 0.6 is 0 Å². The zero-order valence-electron chi connectivity index (χ0n) is 14.1. The fraction of sp³-hybridized carbons (Fsp3) is 0.333. The summed E-state index contributed by atoms with van der Waals surface area (Å²) in [6, 6.07) is 9.42. The number of anilines is 3. The molecule has 0 bridgehead atoms. The van der Waals surface area contributed by atoms with Crippen LogP contribution < -0.4 is 16.4 Å². The minimum absolute atomic E-state index is 0.157. The molecule has 1 unspecified atom stereocenters. The molecule has 2 aromatic rings. The van der Waals surface area contributed by atoms with Crippen LogP contribution in [0.2, 0.25) is 0 Å². The summed E-state index contributed by atoms with van der Waals surface area (Å²) in [6.07, 6.45) is 1.55. The highest BCUT2D eigenvalue weighted by molar-refractivity contribution is 6.06. The van der Waals surface area contributed by atoms with E-state index in [9.17, 15) is 4.79 Å². The van der Waals surface area contributed by atoms with E-state index in [4.69, 9.17) is 5.73 Å². The number of hydrogen-bond acceptors (Lipinski definition) is 4. The fourth-order valence-electron chi connectivity index (χ4n) is 2.13. The highest BCUT2D eigenvalue weighted by Gasteiger charge is 2.14. The molecule has 0 saturated carbocycles. The van der Waals surface area contributed by atoms with Crippen molar-refractivity contribution in [2.45, 2.75) is 33.7 Å². The monoisotopic (exact) mass is 312 g/mol. The van der Waals surface area contributed by atoms with Gasteiger partial charge in [0.15, 0.2) is 0 Å². The summed E-state index contributed by atoms with van der Waals surface area (Å²) < 4.78 is 0. The normalized spacial score (nSPS) is 12.0. The predicted octanol–water partition coefficient (Wildman–Crippen LogP) is 3.68. The first-order valence-electron chi connectivity index (χ1n) is 7.77. The largest absolute Gasteiger partial charge is 0.384 e. The Morgan fingerprint density at radius 2 is 1.91 bits per heavy atom. The van der Waals surface area contributed by atoms with Gasteiger partial charge < -0.3 is 16.4 Å². The second kappa shape index (κ2) is 7.13. The van der Waals surface area contributed by atoms with Crippen LogP contribution in [0.4, 0.5) is 17.2 Å². The van der Waals surface area contributed by atoms with Crippen LogP contribution in [0.15, 0.2) is 36.5 Å². The number of nitrogen functional groups attached to an aromatic ring is 1. The van der Waals surface area contributed by atoms with Crippen molar-refractivity contribution in [2.24, 2.45) is 5.92 Å². The molecule has 4 N–H and O–H groups in total. The Morgan fingerprint density at radius 3 is 2.52 bits per heavy atom. The maximum Gasteiger partial charge on any atom is 0.256 e. The number of nitrogens with zero attached hydrogens (tertiary/aromatic N) is 1. The topological polar surface area (TPSA) is 80.0 Å². The molecular formula is C18H24N4O. The molecule has 5 heteroatoms. The van der Waals surface area contributed by atoms with Gasteiger partial charge in [0.2, 0.25) is 0 Å². The Morgan fingerprint density at radius 1 is 1.17 bits per heavy atom. The van der Waals surface area contributed by atoms with Crippen LogP contribution in [0.25, 0.3) is 0 Å². The SMILES string of the molecule is Cc1c(NC(C)C(C)C)cccc1C(=O)Nc1ccc(N)nc1. The van der Waals surface area contributed by atoms with Crippen molar-refractivity contribution in [3.8, 4) is 0 Å². The van der Waals surface area contributed by atoms with E-state index in [1.165, 1.54) is 0 Å². The van der Waals surface area contributed by atoms with Gasteiger partial charge in [-0.2, -0.15) is 0 Å². The lowest BCUT2D eigenvalue weighted by Gasteiger charge is -2.21. The molecular weight excluding hydrogens is 288 g/mol. The number of pyridine rings is 1. The van der Waals surface area contributed by atoms with Crippen molar-refractivity contribution >= 4 is 23.1 Å². The molecule has 23 heavy (non-hydrogen) atoms. The molecule has 122 valence electrons. The van der Waals surface area contributed by atoms with E-state index in [0.29, 0.717) is 29.0 Å². The van der Waals surface area contributed by atoms with Crippen LogP contribution in [0.3, 0.4) is 0 Å². The van der Waals surface area contributed by atoms with Gasteiger partial charge in [-0.1, -0.05) is 19.9 Å². The van der Waals surface area contributed by atoms with Crippen LogP contribution in [-0.2, 0) is 0 Å². The Balaban J connectivity index is 2.19. The second-order valence-corrected chi connectivity index (χ2v) is 6.08. The zero-order chi connectivity index (χ0) is 17.0. The number of hydrogen-bond donors (Lipinski definition) is 3. The standard InChI is InChI=1S/C18H24N4O/c1-11(2)13(4)21-16-7-5-6-15(12(16)3)18(23)22-14-8-9-17(19)20-10-14/h5-11,13,21H,1-4H3,(H2,19,20)(H,22,23). The third kappa shape index (κ3) is 4.22. The fourth-order valence-corrected chi connectivity index (χ4v) is 2.13. The molecule has 1 aromatic carbocycles. The van der Waals surface area contributed by atoms with Gasteiger partial charge >= 0.3 is 0 Å². The average Bonchev–Trinajstić information content (AvgIpc) is 2.51. The van der Waals surface area contributed by atoms with E-state index < -0.39 is 0 Å². The van der Waals surface area contributed by atoms with Crippen LogP contribution in [0.1, 0.15) is 36.7 Å². The van der Waals surface area contributed by atoms with Gasteiger partial charge in [-0.15, -0.1) is 0 Å². The molecule has 0 aliphatic rings. The van der Waals surface area contributed by atoms with Crippen LogP contribution in [0.5, 0.6) is 0 Å². The highest BCUT2D eigenvalue weighted by atomic mass is 16.1. The number of benzene rings is 1. The van der Waals surface area contributed by atoms with Gasteiger partial charge in [-0.3, -0.25) is 4.79 Å². The Labute approximate surface area is 137 Å². The lowest BCUT2D eigenvalue weighted by molar-refractivity contribution is 0.102. The van der Waals surface area contributed by atoms with Crippen molar-refractivity contribution < 1.29 is 4.79 Å². The number of amides is 1. The second-order valence-electron chi connectivity index (χ2n) is 6.08. The molecule has 5 nitrogen and oxygen atoms in total. The predicted molar refractivity (Wildman–Crippen MR) is 95.7 cm³/mol. The van der Waals surface area contributed by atoms with Gasteiger partial charge in [-0.05, 0) is 49.6 Å². The first-order chi connectivity index (χ1) is 10.9. The summed E-state index contributed by atoms with van der Waals surface area (Å²) in [4.78, 5) is 16.5. The van der Waals surface area contributed by atoms with Crippen molar-refractivity contribution in [3.63, 3.8) is 0 Å². The number of carbonyl (C=O) groups excluding carboxylic acids is 1. The molecule has 1 atom stereocenters. The summed E-state index contributed by atoms with van der Waals surface area (Å²) in [5, 5.41) is 6.31. The van der Waals surface area contributed by atoms with Crippen molar-refractivity contribution in [2.75, 3.05) is 16.4 Å². The van der Waals surface area contributed by atoms with E-state index in [0.717, 1.165) is 11.3 Å². The van der Waals surface area contributed by atoms with Crippen LogP contribution in [0, 0.1) is 12.8 Å². The summed E-state index contributed by atoms with van der Waals surface area (Å²) in [7, 11) is 0. The van der Waals surface area contributed by atoms with Crippen molar-refractivity contribution in [3.05, 3.63) is 47.7 Å². The third-order valence-electron chi connectivity index (χ3n) is 4.01. The van der Waals surface area contributed by atoms with Gasteiger partial charge in [-0.25, -0.2) is 4.98 Å². The average molecular weight is 312 g/mol. The van der Waals surface area contributed by atoms with Gasteiger partial charge in [0.25, 0.3) is 5.91 Å². The number of aromatic nitrogens is 1. The van der Waals surface area contributed by atoms with E-state index in [1.54, 1.807) is 18.3 Å². The molecule has 1 amide bonds. The molecule has 0 spiro atoms. The lowest BCUT2D eigenvalue weighted by Crippen LogP contribution is -2.23. The smallest absolute Gasteiger partial charge is 0.256 e. The summed E-state index contributed by atoms with van der Waals surface area (Å²) in [5.41, 5.74) is 8.73. The molecule has 0 fully saturated rings. The molecule has 1 aromatic heterocycles. The van der Waals surface area contributed by atoms with Crippen molar-refractivity contribution in [1.82, 2.24) is 4.98 Å². The molecule has 2 rings (SSSR count). The van der Waals surface area contributed by atoms with Gasteiger partial charge in [0.05, 0.1) is 11.9 Å². The Hall–Kier alpha value is -2.56. The minimum Gasteiger partial charge on any atom is -0.384 e.